The number of hydrogen-bond donors (Lipinski definition) is 2. The molecule has 0 fully saturated rings. The lowest BCUT2D eigenvalue weighted by Gasteiger charge is -2.05. The first-order valence-electron chi connectivity index (χ1n) is 6.23. The van der Waals surface area contributed by atoms with E-state index in [1.807, 2.05) is 0 Å². The number of carboxylic acids is 1. The Bertz CT molecular complexity index is 532. The average Bonchev–Trinajstić information content (AvgIpc) is 2.60. The van der Waals surface area contributed by atoms with Gasteiger partial charge in [0, 0.05) is 24.8 Å². The van der Waals surface area contributed by atoms with Crippen LogP contribution in [0.15, 0.2) is 12.7 Å². The van der Waals surface area contributed by atoms with Gasteiger partial charge >= 0.3 is 5.97 Å². The zero-order valence-electron chi connectivity index (χ0n) is 12.0. The van der Waals surface area contributed by atoms with Crippen LogP contribution >= 0.6 is 0 Å². The number of carbonyl (C=O) groups is 2. The molecule has 6 nitrogen and oxygen atoms in total. The Kier molecular flexibility index (Phi) is 5.66. The van der Waals surface area contributed by atoms with Crippen LogP contribution in [-0.2, 0) is 11.8 Å². The molecule has 2 N–H and O–H groups in total. The summed E-state index contributed by atoms with van der Waals surface area (Å²) < 4.78 is 6.72. The number of nitrogens with one attached hydrogen (secondary N) is 1. The fourth-order valence-electron chi connectivity index (χ4n) is 2.14. The zero-order valence-corrected chi connectivity index (χ0v) is 12.0. The number of hydrogen-bond acceptors (Lipinski definition) is 4. The van der Waals surface area contributed by atoms with Crippen LogP contribution in [0.3, 0.4) is 0 Å². The molecule has 1 aromatic rings. The predicted octanol–water partition coefficient (Wildman–Crippen LogP) is 1.27. The number of ketones is 1. The van der Waals surface area contributed by atoms with Gasteiger partial charge in [0.1, 0.15) is 12.3 Å². The molecule has 0 amide bonds. The molecule has 0 unspecified atom stereocenters. The van der Waals surface area contributed by atoms with Crippen LogP contribution in [0.2, 0.25) is 0 Å². The summed E-state index contributed by atoms with van der Waals surface area (Å²) >= 11 is 0. The van der Waals surface area contributed by atoms with Gasteiger partial charge in [-0.25, -0.2) is 4.79 Å². The van der Waals surface area contributed by atoms with Crippen molar-refractivity contribution in [1.82, 2.24) is 9.88 Å². The highest BCUT2D eigenvalue weighted by Crippen LogP contribution is 2.21. The van der Waals surface area contributed by atoms with Crippen molar-refractivity contribution < 1.29 is 19.4 Å². The number of ether oxygens (including phenoxy) is 1. The van der Waals surface area contributed by atoms with Crippen LogP contribution in [0.1, 0.15) is 32.1 Å². The highest BCUT2D eigenvalue weighted by atomic mass is 16.5. The number of carboxylic acid groups (broad SMARTS) is 1. The standard InChI is InChI=1S/C14H20N2O4/c1-5-6-15-8-20-7-11(17)12-9(2)13(14(18)19)16(4)10(12)3/h5,15H,1,6-8H2,2-4H3,(H,18,19). The van der Waals surface area contributed by atoms with Crippen molar-refractivity contribution in [2.24, 2.45) is 7.05 Å². The summed E-state index contributed by atoms with van der Waals surface area (Å²) in [5, 5.41) is 12.1. The predicted molar refractivity (Wildman–Crippen MR) is 75.2 cm³/mol. The summed E-state index contributed by atoms with van der Waals surface area (Å²) in [6.07, 6.45) is 1.69. The van der Waals surface area contributed by atoms with Crippen LogP contribution < -0.4 is 5.32 Å². The van der Waals surface area contributed by atoms with E-state index >= 15 is 0 Å². The molecular weight excluding hydrogens is 260 g/mol. The quantitative estimate of drug-likeness (QED) is 0.324. The molecule has 0 atom stereocenters. The minimum atomic E-state index is -1.04. The Labute approximate surface area is 118 Å². The molecule has 1 rings (SSSR count). The molecule has 20 heavy (non-hydrogen) atoms. The topological polar surface area (TPSA) is 80.6 Å². The van der Waals surface area contributed by atoms with Crippen LogP contribution in [0, 0.1) is 13.8 Å². The number of rotatable bonds is 8. The number of aromatic carboxylic acids is 1. The normalized spacial score (nSPS) is 10.6. The molecule has 0 saturated heterocycles. The fourth-order valence-corrected chi connectivity index (χ4v) is 2.14. The lowest BCUT2D eigenvalue weighted by atomic mass is 10.1. The van der Waals surface area contributed by atoms with E-state index in [0.29, 0.717) is 23.4 Å². The summed E-state index contributed by atoms with van der Waals surface area (Å²) in [6.45, 7) is 7.67. The molecule has 0 radical (unpaired) electrons. The van der Waals surface area contributed by atoms with Gasteiger partial charge in [-0.3, -0.25) is 10.1 Å². The third-order valence-corrected chi connectivity index (χ3v) is 3.14. The summed E-state index contributed by atoms with van der Waals surface area (Å²) in [5.41, 5.74) is 1.67. The van der Waals surface area contributed by atoms with Crippen molar-refractivity contribution in [2.45, 2.75) is 13.8 Å². The van der Waals surface area contributed by atoms with E-state index < -0.39 is 5.97 Å². The summed E-state index contributed by atoms with van der Waals surface area (Å²) in [4.78, 5) is 23.3. The van der Waals surface area contributed by atoms with Gasteiger partial charge in [-0.15, -0.1) is 6.58 Å². The number of nitrogens with zero attached hydrogens (tertiary/aromatic N) is 1. The zero-order chi connectivity index (χ0) is 15.3. The monoisotopic (exact) mass is 280 g/mol. The van der Waals surface area contributed by atoms with Crippen LogP contribution in [0.5, 0.6) is 0 Å². The fraction of sp³-hybridized carbons (Fsp3) is 0.429. The molecule has 0 spiro atoms. The first kappa shape index (κ1) is 16.1. The third-order valence-electron chi connectivity index (χ3n) is 3.14. The van der Waals surface area contributed by atoms with Gasteiger partial charge < -0.3 is 14.4 Å². The third kappa shape index (κ3) is 3.34. The molecule has 1 aromatic heterocycles. The van der Waals surface area contributed by atoms with Crippen molar-refractivity contribution in [3.63, 3.8) is 0 Å². The lowest BCUT2D eigenvalue weighted by Crippen LogP contribution is -2.21. The minimum Gasteiger partial charge on any atom is -0.477 e. The van der Waals surface area contributed by atoms with E-state index in [2.05, 4.69) is 11.9 Å². The Hall–Kier alpha value is -1.92. The van der Waals surface area contributed by atoms with Gasteiger partial charge in [0.25, 0.3) is 0 Å². The van der Waals surface area contributed by atoms with Gasteiger partial charge in [0.15, 0.2) is 5.78 Å². The second-order valence-corrected chi connectivity index (χ2v) is 4.46. The average molecular weight is 280 g/mol. The summed E-state index contributed by atoms with van der Waals surface area (Å²) in [6, 6.07) is 0. The van der Waals surface area contributed by atoms with Crippen molar-refractivity contribution in [3.05, 3.63) is 35.2 Å². The van der Waals surface area contributed by atoms with Crippen molar-refractivity contribution in [3.8, 4) is 0 Å². The first-order valence-corrected chi connectivity index (χ1v) is 6.23. The van der Waals surface area contributed by atoms with Crippen LogP contribution in [0.4, 0.5) is 0 Å². The van der Waals surface area contributed by atoms with Crippen molar-refractivity contribution in [2.75, 3.05) is 19.9 Å². The molecule has 0 aromatic carbocycles. The van der Waals surface area contributed by atoms with E-state index in [0.717, 1.165) is 0 Å². The summed E-state index contributed by atoms with van der Waals surface area (Å²) in [5.74, 6) is -1.26. The van der Waals surface area contributed by atoms with Gasteiger partial charge in [0.05, 0.1) is 6.73 Å². The number of Topliss-reactive ketones (excluding diaryl/α,β-unsaturated/α-hetero) is 1. The SMILES string of the molecule is C=CCNCOCC(=O)c1c(C)c(C(=O)O)n(C)c1C. The van der Waals surface area contributed by atoms with Gasteiger partial charge in [-0.1, -0.05) is 6.08 Å². The van der Waals surface area contributed by atoms with Crippen molar-refractivity contribution >= 4 is 11.8 Å². The first-order chi connectivity index (χ1) is 9.41. The van der Waals surface area contributed by atoms with Gasteiger partial charge in [0.2, 0.25) is 0 Å². The molecule has 0 aliphatic heterocycles. The molecule has 0 aliphatic rings. The number of aromatic nitrogens is 1. The second-order valence-electron chi connectivity index (χ2n) is 4.46. The van der Waals surface area contributed by atoms with E-state index in [1.54, 1.807) is 27.0 Å². The molecule has 0 saturated carbocycles. The maximum Gasteiger partial charge on any atom is 0.352 e. The summed E-state index contributed by atoms with van der Waals surface area (Å²) in [7, 11) is 1.63. The largest absolute Gasteiger partial charge is 0.477 e. The highest BCUT2D eigenvalue weighted by molar-refractivity contribution is 6.03. The van der Waals surface area contributed by atoms with Crippen LogP contribution in [-0.4, -0.2) is 41.3 Å². The van der Waals surface area contributed by atoms with Gasteiger partial charge in [-0.05, 0) is 19.4 Å². The second kappa shape index (κ2) is 7.02. The molecule has 0 aliphatic carbocycles. The Morgan fingerprint density at radius 1 is 1.45 bits per heavy atom. The molecule has 6 heteroatoms. The van der Waals surface area contributed by atoms with Gasteiger partial charge in [-0.2, -0.15) is 0 Å². The molecular formula is C14H20N2O4. The maximum atomic E-state index is 12.1. The van der Waals surface area contributed by atoms with Crippen LogP contribution in [0.25, 0.3) is 0 Å². The Morgan fingerprint density at radius 3 is 2.60 bits per heavy atom. The Morgan fingerprint density at radius 2 is 2.10 bits per heavy atom. The smallest absolute Gasteiger partial charge is 0.352 e. The molecule has 110 valence electrons. The highest BCUT2D eigenvalue weighted by Gasteiger charge is 2.24. The lowest BCUT2D eigenvalue weighted by molar-refractivity contribution is 0.0685. The maximum absolute atomic E-state index is 12.1. The van der Waals surface area contributed by atoms with Crippen molar-refractivity contribution in [1.29, 1.82) is 0 Å². The number of carbonyl (C=O) groups excluding carboxylic acids is 1. The molecule has 1 heterocycles. The van der Waals surface area contributed by atoms with E-state index in [9.17, 15) is 9.59 Å². The van der Waals surface area contributed by atoms with E-state index in [1.165, 1.54) is 4.57 Å². The minimum absolute atomic E-state index is 0.0884. The van der Waals surface area contributed by atoms with E-state index in [-0.39, 0.29) is 24.8 Å². The molecule has 0 bridgehead atoms. The Balaban J connectivity index is 2.81. The van der Waals surface area contributed by atoms with E-state index in [4.69, 9.17) is 9.84 Å².